The van der Waals surface area contributed by atoms with E-state index in [2.05, 4.69) is 17.0 Å². The summed E-state index contributed by atoms with van der Waals surface area (Å²) in [5.74, 6) is 2.23. The van der Waals surface area contributed by atoms with Crippen LogP contribution in [0, 0.1) is 0 Å². The lowest BCUT2D eigenvalue weighted by Crippen LogP contribution is -2.45. The minimum atomic E-state index is 0.0475. The Kier molecular flexibility index (Phi) is 7.37. The van der Waals surface area contributed by atoms with Gasteiger partial charge in [0.2, 0.25) is 13.2 Å². The van der Waals surface area contributed by atoms with Crippen LogP contribution in [-0.2, 0) is 11.3 Å². The van der Waals surface area contributed by atoms with Crippen molar-refractivity contribution in [1.82, 2.24) is 14.7 Å². The van der Waals surface area contributed by atoms with Crippen LogP contribution < -0.4 is 14.2 Å². The lowest BCUT2D eigenvalue weighted by molar-refractivity contribution is -0.119. The zero-order chi connectivity index (χ0) is 24.0. The maximum atomic E-state index is 13.2. The topological polar surface area (TPSA) is 71.6 Å². The number of likely N-dealkylation sites (tertiary alicyclic amines) is 1. The quantitative estimate of drug-likeness (QED) is 0.542. The van der Waals surface area contributed by atoms with Crippen molar-refractivity contribution >= 4 is 12.3 Å². The molecule has 1 atom stereocenters. The van der Waals surface area contributed by atoms with E-state index in [0.29, 0.717) is 23.7 Å². The van der Waals surface area contributed by atoms with Crippen molar-refractivity contribution in [3.63, 3.8) is 0 Å². The summed E-state index contributed by atoms with van der Waals surface area (Å²) in [6.45, 7) is 5.82. The summed E-state index contributed by atoms with van der Waals surface area (Å²) >= 11 is 0. The molecule has 2 aromatic carbocycles. The molecule has 3 heterocycles. The monoisotopic (exact) mass is 479 g/mol. The minimum absolute atomic E-state index is 0.0475. The molecule has 3 aliphatic heterocycles. The average Bonchev–Trinajstić information content (AvgIpc) is 3.38. The molecule has 0 aromatic heterocycles. The van der Waals surface area contributed by atoms with Gasteiger partial charge in [-0.05, 0) is 55.2 Å². The van der Waals surface area contributed by atoms with Gasteiger partial charge < -0.3 is 24.0 Å². The molecule has 2 fully saturated rings. The van der Waals surface area contributed by atoms with E-state index in [0.717, 1.165) is 77.1 Å². The van der Waals surface area contributed by atoms with Crippen molar-refractivity contribution in [3.05, 3.63) is 53.6 Å². The first-order chi connectivity index (χ1) is 17.2. The van der Waals surface area contributed by atoms with Gasteiger partial charge in [0.1, 0.15) is 5.75 Å². The number of piperazine rings is 1. The smallest absolute Gasteiger partial charge is 0.254 e. The zero-order valence-corrected chi connectivity index (χ0v) is 20.1. The Balaban J connectivity index is 1.11. The highest BCUT2D eigenvalue weighted by atomic mass is 16.7. The molecule has 0 N–H and O–H groups in total. The van der Waals surface area contributed by atoms with Gasteiger partial charge in [0.25, 0.3) is 5.91 Å². The predicted octanol–water partition coefficient (Wildman–Crippen LogP) is 3.15. The number of carbonyl (C=O) groups excluding carboxylic acids is 2. The lowest BCUT2D eigenvalue weighted by atomic mass is 9.98. The fraction of sp³-hybridized carbons (Fsp3) is 0.481. The third-order valence-corrected chi connectivity index (χ3v) is 7.11. The minimum Gasteiger partial charge on any atom is -0.494 e. The molecule has 0 radical (unpaired) electrons. The van der Waals surface area contributed by atoms with E-state index in [4.69, 9.17) is 14.2 Å². The van der Waals surface area contributed by atoms with E-state index in [-0.39, 0.29) is 18.7 Å². The number of piperidine rings is 1. The Labute approximate surface area is 206 Å². The van der Waals surface area contributed by atoms with Crippen molar-refractivity contribution in [2.75, 3.05) is 46.1 Å². The van der Waals surface area contributed by atoms with Crippen LogP contribution in [0.3, 0.4) is 0 Å². The average molecular weight is 480 g/mol. The van der Waals surface area contributed by atoms with E-state index >= 15 is 0 Å². The van der Waals surface area contributed by atoms with Gasteiger partial charge in [-0.2, -0.15) is 0 Å². The van der Waals surface area contributed by atoms with E-state index in [1.54, 1.807) is 6.07 Å². The second-order valence-electron chi connectivity index (χ2n) is 9.41. The van der Waals surface area contributed by atoms with Gasteiger partial charge in [-0.1, -0.05) is 12.1 Å². The molecule has 0 saturated carbocycles. The summed E-state index contributed by atoms with van der Waals surface area (Å²) in [7, 11) is 0. The van der Waals surface area contributed by atoms with Gasteiger partial charge in [0.15, 0.2) is 11.5 Å². The van der Waals surface area contributed by atoms with E-state index in [9.17, 15) is 9.59 Å². The van der Waals surface area contributed by atoms with Gasteiger partial charge in [0.05, 0.1) is 6.61 Å². The summed E-state index contributed by atoms with van der Waals surface area (Å²) in [5.41, 5.74) is 1.88. The molecule has 8 heteroatoms. The maximum absolute atomic E-state index is 13.2. The Morgan fingerprint density at radius 1 is 0.971 bits per heavy atom. The number of ether oxygens (including phenoxy) is 3. The van der Waals surface area contributed by atoms with Crippen LogP contribution in [0.25, 0.3) is 0 Å². The van der Waals surface area contributed by atoms with Gasteiger partial charge in [0, 0.05) is 57.3 Å². The molecular formula is C27H33N3O5. The lowest BCUT2D eigenvalue weighted by Gasteiger charge is -2.36. The molecule has 8 nitrogen and oxygen atoms in total. The molecule has 0 spiro atoms. The number of fused-ring (bicyclic) bond motifs is 1. The van der Waals surface area contributed by atoms with Crippen molar-refractivity contribution in [3.8, 4) is 17.2 Å². The molecular weight excluding hydrogens is 446 g/mol. The van der Waals surface area contributed by atoms with Crippen molar-refractivity contribution in [2.45, 2.75) is 38.3 Å². The molecule has 0 bridgehead atoms. The Morgan fingerprint density at radius 2 is 1.77 bits per heavy atom. The summed E-state index contributed by atoms with van der Waals surface area (Å²) in [6.07, 6.45) is 4.89. The van der Waals surface area contributed by atoms with Crippen LogP contribution in [0.4, 0.5) is 0 Å². The van der Waals surface area contributed by atoms with Crippen LogP contribution in [-0.4, -0.2) is 79.2 Å². The first kappa shape index (κ1) is 23.5. The predicted molar refractivity (Wildman–Crippen MR) is 131 cm³/mol. The maximum Gasteiger partial charge on any atom is 0.254 e. The summed E-state index contributed by atoms with van der Waals surface area (Å²) in [5, 5.41) is 0. The van der Waals surface area contributed by atoms with Gasteiger partial charge in [-0.15, -0.1) is 0 Å². The molecule has 1 unspecified atom stereocenters. The Morgan fingerprint density at radius 3 is 2.57 bits per heavy atom. The van der Waals surface area contributed by atoms with Crippen molar-refractivity contribution in [2.24, 2.45) is 0 Å². The van der Waals surface area contributed by atoms with Gasteiger partial charge >= 0.3 is 0 Å². The van der Waals surface area contributed by atoms with Crippen LogP contribution in [0.5, 0.6) is 17.2 Å². The first-order valence-electron chi connectivity index (χ1n) is 12.5. The number of benzene rings is 2. The first-order valence-corrected chi connectivity index (χ1v) is 12.5. The second kappa shape index (κ2) is 11.0. The fourth-order valence-corrected chi connectivity index (χ4v) is 5.05. The van der Waals surface area contributed by atoms with Gasteiger partial charge in [-0.3, -0.25) is 14.5 Å². The molecule has 5 rings (SSSR count). The molecule has 2 amide bonds. The molecule has 0 aliphatic carbocycles. The third-order valence-electron chi connectivity index (χ3n) is 7.11. The Hall–Kier alpha value is -3.26. The fourth-order valence-electron chi connectivity index (χ4n) is 5.05. The van der Waals surface area contributed by atoms with Crippen LogP contribution in [0.15, 0.2) is 42.5 Å². The molecule has 3 aliphatic rings. The molecule has 2 aromatic rings. The molecule has 186 valence electrons. The number of carbonyl (C=O) groups is 2. The van der Waals surface area contributed by atoms with Crippen LogP contribution >= 0.6 is 0 Å². The highest BCUT2D eigenvalue weighted by Crippen LogP contribution is 2.33. The summed E-state index contributed by atoms with van der Waals surface area (Å²) < 4.78 is 16.9. The SMILES string of the molecule is O=CN1CCN(Cc2ccc(OCCC3CCCCN3C(=O)c3ccc4c(c3)OCO4)cc2)CC1. The van der Waals surface area contributed by atoms with Crippen LogP contribution in [0.2, 0.25) is 0 Å². The number of nitrogens with zero attached hydrogens (tertiary/aromatic N) is 3. The number of amides is 2. The third kappa shape index (κ3) is 5.70. The highest BCUT2D eigenvalue weighted by molar-refractivity contribution is 5.95. The van der Waals surface area contributed by atoms with Crippen molar-refractivity contribution < 1.29 is 23.8 Å². The highest BCUT2D eigenvalue weighted by Gasteiger charge is 2.28. The molecule has 2 saturated heterocycles. The largest absolute Gasteiger partial charge is 0.494 e. The molecule has 35 heavy (non-hydrogen) atoms. The number of hydrogen-bond donors (Lipinski definition) is 0. The summed E-state index contributed by atoms with van der Waals surface area (Å²) in [6, 6.07) is 13.9. The van der Waals surface area contributed by atoms with E-state index in [1.807, 2.05) is 34.1 Å². The normalized spacial score (nSPS) is 20.1. The van der Waals surface area contributed by atoms with Gasteiger partial charge in [-0.25, -0.2) is 0 Å². The standard InChI is InChI=1S/C27H33N3O5/c31-19-29-14-12-28(13-15-29)18-21-4-7-24(8-5-21)33-16-10-23-3-1-2-11-30(23)27(32)22-6-9-25-26(17-22)35-20-34-25/h4-9,17,19,23H,1-3,10-16,18,20H2. The van der Waals surface area contributed by atoms with Crippen molar-refractivity contribution in [1.29, 1.82) is 0 Å². The summed E-state index contributed by atoms with van der Waals surface area (Å²) in [4.78, 5) is 30.3. The second-order valence-corrected chi connectivity index (χ2v) is 9.41. The van der Waals surface area contributed by atoms with E-state index in [1.165, 1.54) is 5.56 Å². The van der Waals surface area contributed by atoms with Crippen LogP contribution in [0.1, 0.15) is 41.6 Å². The van der Waals surface area contributed by atoms with E-state index < -0.39 is 0 Å². The Bertz CT molecular complexity index is 1020. The number of rotatable bonds is 8. The number of hydrogen-bond acceptors (Lipinski definition) is 6. The zero-order valence-electron chi connectivity index (χ0n) is 20.1.